The highest BCUT2D eigenvalue weighted by molar-refractivity contribution is 6.07. The topological polar surface area (TPSA) is 116 Å². The number of hydrogen-bond acceptors (Lipinski definition) is 6. The summed E-state index contributed by atoms with van der Waals surface area (Å²) in [5.41, 5.74) is 2.68. The maximum atomic E-state index is 13.1. The summed E-state index contributed by atoms with van der Waals surface area (Å²) in [5.74, 6) is -0.571. The predicted octanol–water partition coefficient (Wildman–Crippen LogP) is 6.01. The summed E-state index contributed by atoms with van der Waals surface area (Å²) in [6.07, 6.45) is 2.78. The second kappa shape index (κ2) is 8.64. The van der Waals surface area contributed by atoms with Crippen LogP contribution >= 0.6 is 0 Å². The highest BCUT2D eigenvalue weighted by Crippen LogP contribution is 2.45. The van der Waals surface area contributed by atoms with Crippen LogP contribution in [-0.2, 0) is 12.8 Å². The second-order valence-electron chi connectivity index (χ2n) is 8.95. The zero-order valence-corrected chi connectivity index (χ0v) is 19.9. The first-order chi connectivity index (χ1) is 18.0. The molecule has 0 bridgehead atoms. The molecule has 0 saturated carbocycles. The molecule has 0 radical (unpaired) electrons. The summed E-state index contributed by atoms with van der Waals surface area (Å²) in [6.45, 7) is 0. The van der Waals surface area contributed by atoms with E-state index in [1.54, 1.807) is 12.1 Å². The molecule has 0 aliphatic carbocycles. The number of phenolic OH excluding ortho intramolecular Hbond substituents is 3. The van der Waals surface area contributed by atoms with Crippen LogP contribution in [0.4, 0.5) is 0 Å². The average molecular weight is 494 g/mol. The van der Waals surface area contributed by atoms with Crippen molar-refractivity contribution < 1.29 is 24.5 Å². The van der Waals surface area contributed by atoms with Crippen molar-refractivity contribution in [3.63, 3.8) is 0 Å². The van der Waals surface area contributed by atoms with Gasteiger partial charge < -0.3 is 29.5 Å². The number of methoxy groups -OCH3 is 1. The van der Waals surface area contributed by atoms with Gasteiger partial charge in [0.2, 0.25) is 5.75 Å². The Morgan fingerprint density at radius 3 is 2.46 bits per heavy atom. The number of rotatable bonds is 5. The monoisotopic (exact) mass is 493 g/mol. The molecule has 6 rings (SSSR count). The minimum absolute atomic E-state index is 0.0564. The normalized spacial score (nSPS) is 11.5. The standard InChI is InChI=1S/C30H23NO6/c1-36-30-27(34)22(10-7-16-3-2-4-20-19(16)11-12-23-21(20)13-14-31-23)29-26(28(30)35)24(33)15-25(37-29)17-5-8-18(32)9-6-17/h2-6,8-9,11-15,31-32,34-35H,7,10H2,1H3. The molecule has 0 fully saturated rings. The smallest absolute Gasteiger partial charge is 0.204 e. The molecule has 7 heteroatoms. The van der Waals surface area contributed by atoms with Gasteiger partial charge in [-0.2, -0.15) is 0 Å². The van der Waals surface area contributed by atoms with Crippen molar-refractivity contribution in [3.8, 4) is 34.3 Å². The molecule has 2 heterocycles. The van der Waals surface area contributed by atoms with Crippen molar-refractivity contribution in [2.45, 2.75) is 12.8 Å². The van der Waals surface area contributed by atoms with Gasteiger partial charge in [0.05, 0.1) is 7.11 Å². The lowest BCUT2D eigenvalue weighted by atomic mass is 9.95. The number of aromatic amines is 1. The number of benzene rings is 4. The third-order valence-corrected chi connectivity index (χ3v) is 6.86. The maximum Gasteiger partial charge on any atom is 0.204 e. The fourth-order valence-electron chi connectivity index (χ4n) is 5.04. The molecule has 0 spiro atoms. The van der Waals surface area contributed by atoms with Crippen molar-refractivity contribution >= 4 is 32.6 Å². The highest BCUT2D eigenvalue weighted by atomic mass is 16.5. The van der Waals surface area contributed by atoms with E-state index in [2.05, 4.69) is 17.1 Å². The summed E-state index contributed by atoms with van der Waals surface area (Å²) < 4.78 is 11.4. The lowest BCUT2D eigenvalue weighted by Gasteiger charge is -2.15. The van der Waals surface area contributed by atoms with Gasteiger partial charge in [-0.05, 0) is 65.6 Å². The van der Waals surface area contributed by atoms with E-state index in [1.165, 1.54) is 25.3 Å². The largest absolute Gasteiger partial charge is 0.508 e. The van der Waals surface area contributed by atoms with Crippen LogP contribution in [0.3, 0.4) is 0 Å². The van der Waals surface area contributed by atoms with Crippen molar-refractivity contribution in [2.24, 2.45) is 0 Å². The van der Waals surface area contributed by atoms with Gasteiger partial charge in [0, 0.05) is 34.3 Å². The SMILES string of the molecule is COc1c(O)c(CCc2cccc3c2ccc2[nH]ccc23)c2oc(-c3ccc(O)cc3)cc(=O)c2c1O. The van der Waals surface area contributed by atoms with Crippen molar-refractivity contribution in [1.82, 2.24) is 4.98 Å². The summed E-state index contributed by atoms with van der Waals surface area (Å²) in [5, 5.41) is 34.8. The molecule has 4 aromatic carbocycles. The van der Waals surface area contributed by atoms with Crippen LogP contribution < -0.4 is 10.2 Å². The van der Waals surface area contributed by atoms with Gasteiger partial charge in [0.15, 0.2) is 16.9 Å². The van der Waals surface area contributed by atoms with Gasteiger partial charge in [0.25, 0.3) is 0 Å². The number of hydrogen-bond donors (Lipinski definition) is 4. The van der Waals surface area contributed by atoms with E-state index in [0.29, 0.717) is 24.0 Å². The lowest BCUT2D eigenvalue weighted by Crippen LogP contribution is -2.05. The molecule has 0 aliphatic rings. The molecule has 7 nitrogen and oxygen atoms in total. The zero-order chi connectivity index (χ0) is 25.7. The third kappa shape index (κ3) is 3.63. The fraction of sp³-hybridized carbons (Fsp3) is 0.100. The van der Waals surface area contributed by atoms with Crippen LogP contribution in [0, 0.1) is 0 Å². The first-order valence-electron chi connectivity index (χ1n) is 11.8. The quantitative estimate of drug-likeness (QED) is 0.234. The van der Waals surface area contributed by atoms with Gasteiger partial charge in [-0.3, -0.25) is 4.79 Å². The lowest BCUT2D eigenvalue weighted by molar-refractivity contribution is 0.344. The van der Waals surface area contributed by atoms with Crippen LogP contribution in [0.25, 0.3) is 44.0 Å². The number of nitrogens with one attached hydrogen (secondary N) is 1. The van der Waals surface area contributed by atoms with E-state index in [0.717, 1.165) is 27.2 Å². The summed E-state index contributed by atoms with van der Waals surface area (Å²) in [6, 6.07) is 19.8. The third-order valence-electron chi connectivity index (χ3n) is 6.86. The molecule has 4 N–H and O–H groups in total. The fourth-order valence-corrected chi connectivity index (χ4v) is 5.04. The summed E-state index contributed by atoms with van der Waals surface area (Å²) >= 11 is 0. The molecular formula is C30H23NO6. The first-order valence-corrected chi connectivity index (χ1v) is 11.8. The molecule has 0 atom stereocenters. The molecule has 2 aromatic heterocycles. The predicted molar refractivity (Wildman–Crippen MR) is 143 cm³/mol. The maximum absolute atomic E-state index is 13.1. The van der Waals surface area contributed by atoms with Crippen LogP contribution in [0.5, 0.6) is 23.0 Å². The Hall–Kier alpha value is -4.91. The molecule has 184 valence electrons. The molecule has 0 unspecified atom stereocenters. The molecule has 0 amide bonds. The first kappa shape index (κ1) is 22.5. The number of aromatic hydroxyl groups is 3. The minimum atomic E-state index is -0.471. The Morgan fingerprint density at radius 1 is 0.865 bits per heavy atom. The van der Waals surface area contributed by atoms with Crippen molar-refractivity contribution in [1.29, 1.82) is 0 Å². The number of aryl methyl sites for hydroxylation is 2. The number of aromatic nitrogens is 1. The molecule has 0 aliphatic heterocycles. The van der Waals surface area contributed by atoms with E-state index in [4.69, 9.17) is 9.15 Å². The highest BCUT2D eigenvalue weighted by Gasteiger charge is 2.24. The van der Waals surface area contributed by atoms with E-state index in [9.17, 15) is 20.1 Å². The summed E-state index contributed by atoms with van der Waals surface area (Å²) in [4.78, 5) is 16.4. The van der Waals surface area contributed by atoms with E-state index in [1.807, 2.05) is 30.5 Å². The number of fused-ring (bicyclic) bond motifs is 4. The Morgan fingerprint density at radius 2 is 1.68 bits per heavy atom. The van der Waals surface area contributed by atoms with Crippen molar-refractivity contribution in [3.05, 3.63) is 94.3 Å². The molecule has 0 saturated heterocycles. The zero-order valence-electron chi connectivity index (χ0n) is 19.9. The molecule has 6 aromatic rings. The van der Waals surface area contributed by atoms with Gasteiger partial charge in [-0.1, -0.05) is 24.3 Å². The van der Waals surface area contributed by atoms with Crippen LogP contribution in [0.15, 0.2) is 82.1 Å². The van der Waals surface area contributed by atoms with Crippen molar-refractivity contribution in [2.75, 3.05) is 7.11 Å². The minimum Gasteiger partial charge on any atom is -0.508 e. The van der Waals surface area contributed by atoms with Gasteiger partial charge in [-0.15, -0.1) is 0 Å². The number of H-pyrrole nitrogens is 1. The van der Waals surface area contributed by atoms with Crippen LogP contribution in [0.1, 0.15) is 11.1 Å². The van der Waals surface area contributed by atoms with E-state index in [-0.39, 0.29) is 34.0 Å². The van der Waals surface area contributed by atoms with Gasteiger partial charge in [0.1, 0.15) is 22.5 Å². The van der Waals surface area contributed by atoms with E-state index >= 15 is 0 Å². The number of phenols is 3. The Labute approximate surface area is 210 Å². The van der Waals surface area contributed by atoms with Crippen LogP contribution in [-0.4, -0.2) is 27.4 Å². The van der Waals surface area contributed by atoms with Crippen LogP contribution in [0.2, 0.25) is 0 Å². The van der Waals surface area contributed by atoms with E-state index < -0.39 is 11.2 Å². The molecule has 37 heavy (non-hydrogen) atoms. The summed E-state index contributed by atoms with van der Waals surface area (Å²) in [7, 11) is 1.32. The van der Waals surface area contributed by atoms with Gasteiger partial charge >= 0.3 is 0 Å². The molecular weight excluding hydrogens is 470 g/mol. The Bertz CT molecular complexity index is 1860. The number of ether oxygens (including phenoxy) is 1. The Balaban J connectivity index is 1.51. The average Bonchev–Trinajstić information content (AvgIpc) is 3.38. The second-order valence-corrected chi connectivity index (χ2v) is 8.95. The van der Waals surface area contributed by atoms with Gasteiger partial charge in [-0.25, -0.2) is 0 Å². The Kier molecular flexibility index (Phi) is 5.26.